The van der Waals surface area contributed by atoms with Gasteiger partial charge in [0.15, 0.2) is 5.78 Å². The molecule has 130 valence electrons. The Labute approximate surface area is 149 Å². The number of rotatable bonds is 5. The summed E-state index contributed by atoms with van der Waals surface area (Å²) in [6.45, 7) is 6.02. The van der Waals surface area contributed by atoms with E-state index in [9.17, 15) is 4.79 Å². The molecule has 4 heteroatoms. The Bertz CT molecular complexity index is 760. The number of piperazine rings is 1. The second-order valence-corrected chi connectivity index (χ2v) is 6.23. The SMILES string of the molecule is COc1cc(C)ccc1/C=C/C(=O)c1ccc(N2CCNCC2)cc1. The van der Waals surface area contributed by atoms with Crippen LogP contribution in [0, 0.1) is 6.92 Å². The summed E-state index contributed by atoms with van der Waals surface area (Å²) < 4.78 is 5.37. The van der Waals surface area contributed by atoms with Gasteiger partial charge >= 0.3 is 0 Å². The molecule has 0 aliphatic carbocycles. The minimum Gasteiger partial charge on any atom is -0.496 e. The van der Waals surface area contributed by atoms with Gasteiger partial charge in [-0.1, -0.05) is 12.1 Å². The average molecular weight is 336 g/mol. The molecule has 2 aromatic carbocycles. The van der Waals surface area contributed by atoms with E-state index in [-0.39, 0.29) is 5.78 Å². The number of ketones is 1. The van der Waals surface area contributed by atoms with Crippen LogP contribution in [-0.4, -0.2) is 39.1 Å². The minimum absolute atomic E-state index is 0.00510. The average Bonchev–Trinajstić information content (AvgIpc) is 2.67. The molecule has 0 aromatic heterocycles. The molecule has 1 aliphatic heterocycles. The molecule has 0 atom stereocenters. The third-order valence-corrected chi connectivity index (χ3v) is 4.44. The van der Waals surface area contributed by atoms with Crippen molar-refractivity contribution in [2.45, 2.75) is 6.92 Å². The van der Waals surface area contributed by atoms with Crippen molar-refractivity contribution in [3.05, 3.63) is 65.2 Å². The number of aryl methyl sites for hydroxylation is 1. The Hall–Kier alpha value is -2.59. The third kappa shape index (κ3) is 4.28. The highest BCUT2D eigenvalue weighted by atomic mass is 16.5. The lowest BCUT2D eigenvalue weighted by Gasteiger charge is -2.29. The van der Waals surface area contributed by atoms with Gasteiger partial charge in [-0.2, -0.15) is 0 Å². The van der Waals surface area contributed by atoms with Gasteiger partial charge in [0.05, 0.1) is 7.11 Å². The fourth-order valence-electron chi connectivity index (χ4n) is 2.98. The topological polar surface area (TPSA) is 41.6 Å². The number of allylic oxidation sites excluding steroid dienone is 1. The van der Waals surface area contributed by atoms with E-state index in [0.717, 1.165) is 43.1 Å². The number of ether oxygens (including phenoxy) is 1. The predicted molar refractivity (Wildman–Crippen MR) is 103 cm³/mol. The van der Waals surface area contributed by atoms with E-state index in [1.807, 2.05) is 55.5 Å². The zero-order valence-electron chi connectivity index (χ0n) is 14.8. The second kappa shape index (κ2) is 7.99. The van der Waals surface area contributed by atoms with E-state index in [2.05, 4.69) is 10.2 Å². The van der Waals surface area contributed by atoms with E-state index >= 15 is 0 Å². The monoisotopic (exact) mass is 336 g/mol. The standard InChI is InChI=1S/C21H24N2O2/c1-16-3-4-18(21(15-16)25-2)7-10-20(24)17-5-8-19(9-6-17)23-13-11-22-12-14-23/h3-10,15,22H,11-14H2,1-2H3/b10-7+. The number of methoxy groups -OCH3 is 1. The van der Waals surface area contributed by atoms with Crippen molar-refractivity contribution in [3.63, 3.8) is 0 Å². The summed E-state index contributed by atoms with van der Waals surface area (Å²) >= 11 is 0. The molecule has 2 aromatic rings. The first-order valence-corrected chi connectivity index (χ1v) is 8.60. The van der Waals surface area contributed by atoms with Crippen LogP contribution in [0.4, 0.5) is 5.69 Å². The molecule has 4 nitrogen and oxygen atoms in total. The highest BCUT2D eigenvalue weighted by Gasteiger charge is 2.11. The zero-order chi connectivity index (χ0) is 17.6. The number of benzene rings is 2. The first-order valence-electron chi connectivity index (χ1n) is 8.60. The summed E-state index contributed by atoms with van der Waals surface area (Å²) in [7, 11) is 1.64. The lowest BCUT2D eigenvalue weighted by molar-refractivity contribution is 0.104. The first kappa shape index (κ1) is 17.2. The van der Waals surface area contributed by atoms with Crippen LogP contribution in [0.15, 0.2) is 48.5 Å². The molecule has 1 saturated heterocycles. The quantitative estimate of drug-likeness (QED) is 0.672. The highest BCUT2D eigenvalue weighted by Crippen LogP contribution is 2.22. The van der Waals surface area contributed by atoms with Crippen LogP contribution in [0.3, 0.4) is 0 Å². The van der Waals surface area contributed by atoms with Gasteiger partial charge in [0.2, 0.25) is 0 Å². The largest absolute Gasteiger partial charge is 0.496 e. The summed E-state index contributed by atoms with van der Waals surface area (Å²) in [6, 6.07) is 13.8. The summed E-state index contributed by atoms with van der Waals surface area (Å²) in [5.74, 6) is 0.771. The summed E-state index contributed by atoms with van der Waals surface area (Å²) in [5.41, 5.74) is 3.89. The maximum atomic E-state index is 12.4. The normalized spacial score (nSPS) is 14.7. The van der Waals surface area contributed by atoms with Gasteiger partial charge < -0.3 is 15.0 Å². The molecule has 1 heterocycles. The lowest BCUT2D eigenvalue weighted by atomic mass is 10.1. The molecular weight excluding hydrogens is 312 g/mol. The van der Waals surface area contributed by atoms with Crippen molar-refractivity contribution < 1.29 is 9.53 Å². The van der Waals surface area contributed by atoms with Crippen molar-refractivity contribution in [2.24, 2.45) is 0 Å². The second-order valence-electron chi connectivity index (χ2n) is 6.23. The molecule has 0 amide bonds. The maximum Gasteiger partial charge on any atom is 0.185 e. The lowest BCUT2D eigenvalue weighted by Crippen LogP contribution is -2.43. The van der Waals surface area contributed by atoms with Gasteiger partial charge in [0, 0.05) is 43.0 Å². The summed E-state index contributed by atoms with van der Waals surface area (Å²) in [5, 5.41) is 3.34. The molecule has 0 bridgehead atoms. The van der Waals surface area contributed by atoms with Gasteiger partial charge in [0.25, 0.3) is 0 Å². The molecule has 0 radical (unpaired) electrons. The first-order chi connectivity index (χ1) is 12.2. The molecule has 0 spiro atoms. The van der Waals surface area contributed by atoms with Crippen molar-refractivity contribution in [3.8, 4) is 5.75 Å². The summed E-state index contributed by atoms with van der Waals surface area (Å²) in [4.78, 5) is 14.8. The molecule has 1 aliphatic rings. The number of nitrogens with zero attached hydrogens (tertiary/aromatic N) is 1. The number of hydrogen-bond acceptors (Lipinski definition) is 4. The number of anilines is 1. The van der Waals surface area contributed by atoms with E-state index in [1.54, 1.807) is 13.2 Å². The van der Waals surface area contributed by atoms with E-state index < -0.39 is 0 Å². The smallest absolute Gasteiger partial charge is 0.185 e. The number of carbonyl (C=O) groups excluding carboxylic acids is 1. The van der Waals surface area contributed by atoms with Crippen LogP contribution >= 0.6 is 0 Å². The third-order valence-electron chi connectivity index (χ3n) is 4.44. The van der Waals surface area contributed by atoms with Crippen LogP contribution in [0.25, 0.3) is 6.08 Å². The van der Waals surface area contributed by atoms with Gasteiger partial charge in [-0.3, -0.25) is 4.79 Å². The van der Waals surface area contributed by atoms with Crippen LogP contribution in [0.5, 0.6) is 5.75 Å². The van der Waals surface area contributed by atoms with Crippen LogP contribution in [0.2, 0.25) is 0 Å². The van der Waals surface area contributed by atoms with Gasteiger partial charge in [-0.05, 0) is 55.0 Å². The Morgan fingerprint density at radius 1 is 1.12 bits per heavy atom. The molecule has 0 unspecified atom stereocenters. The van der Waals surface area contributed by atoms with Gasteiger partial charge in [-0.25, -0.2) is 0 Å². The van der Waals surface area contributed by atoms with Crippen LogP contribution in [0.1, 0.15) is 21.5 Å². The number of carbonyl (C=O) groups is 1. The Balaban J connectivity index is 1.70. The predicted octanol–water partition coefficient (Wildman–Crippen LogP) is 3.31. The van der Waals surface area contributed by atoms with Crippen molar-refractivity contribution in [1.82, 2.24) is 5.32 Å². The molecule has 1 N–H and O–H groups in total. The van der Waals surface area contributed by atoms with E-state index in [4.69, 9.17) is 4.74 Å². The number of nitrogens with one attached hydrogen (secondary N) is 1. The fraction of sp³-hybridized carbons (Fsp3) is 0.286. The molecule has 25 heavy (non-hydrogen) atoms. The maximum absolute atomic E-state index is 12.4. The van der Waals surface area contributed by atoms with E-state index in [1.165, 1.54) is 5.69 Å². The molecule has 3 rings (SSSR count). The van der Waals surface area contributed by atoms with Crippen LogP contribution in [-0.2, 0) is 0 Å². The Morgan fingerprint density at radius 3 is 2.52 bits per heavy atom. The minimum atomic E-state index is -0.00510. The Kier molecular flexibility index (Phi) is 5.51. The van der Waals surface area contributed by atoms with Crippen molar-refractivity contribution in [2.75, 3.05) is 38.2 Å². The highest BCUT2D eigenvalue weighted by molar-refractivity contribution is 6.07. The van der Waals surface area contributed by atoms with Crippen molar-refractivity contribution >= 4 is 17.5 Å². The fourth-order valence-corrected chi connectivity index (χ4v) is 2.98. The molecular formula is C21H24N2O2. The summed E-state index contributed by atoms with van der Waals surface area (Å²) in [6.07, 6.45) is 3.41. The van der Waals surface area contributed by atoms with E-state index in [0.29, 0.717) is 5.56 Å². The van der Waals surface area contributed by atoms with Gasteiger partial charge in [-0.15, -0.1) is 0 Å². The van der Waals surface area contributed by atoms with Gasteiger partial charge in [0.1, 0.15) is 5.75 Å². The molecule has 1 fully saturated rings. The molecule has 0 saturated carbocycles. The Morgan fingerprint density at radius 2 is 1.84 bits per heavy atom. The van der Waals surface area contributed by atoms with Crippen molar-refractivity contribution in [1.29, 1.82) is 0 Å². The van der Waals surface area contributed by atoms with Crippen LogP contribution < -0.4 is 15.0 Å². The number of hydrogen-bond donors (Lipinski definition) is 1. The zero-order valence-corrected chi connectivity index (χ0v) is 14.8.